The van der Waals surface area contributed by atoms with Crippen LogP contribution in [0.3, 0.4) is 0 Å². The predicted octanol–water partition coefficient (Wildman–Crippen LogP) is 3.73. The van der Waals surface area contributed by atoms with Gasteiger partial charge in [0.25, 0.3) is 5.91 Å². The lowest BCUT2D eigenvalue weighted by molar-refractivity contribution is 0.0731. The summed E-state index contributed by atoms with van der Waals surface area (Å²) in [6.45, 7) is 0.592. The van der Waals surface area contributed by atoms with Crippen molar-refractivity contribution in [2.24, 2.45) is 0 Å². The molecule has 1 aliphatic carbocycles. The molecule has 1 aliphatic rings. The number of anilines is 1. The number of benzene rings is 2. The van der Waals surface area contributed by atoms with Gasteiger partial charge in [-0.25, -0.2) is 0 Å². The Morgan fingerprint density at radius 3 is 2.43 bits per heavy atom. The standard InChI is InChI=1S/C17H17ClN2O/c18-13-7-5-12(6-8-13)11-20(14-9-10-14)17(21)15-3-1-2-4-16(15)19/h1-8,14H,9-11,19H2. The zero-order chi connectivity index (χ0) is 14.8. The van der Waals surface area contributed by atoms with Crippen LogP contribution in [-0.2, 0) is 6.54 Å². The predicted molar refractivity (Wildman–Crippen MR) is 85.2 cm³/mol. The smallest absolute Gasteiger partial charge is 0.256 e. The number of nitrogens with two attached hydrogens (primary N) is 1. The van der Waals surface area contributed by atoms with Crippen LogP contribution in [0.25, 0.3) is 0 Å². The molecule has 3 rings (SSSR count). The lowest BCUT2D eigenvalue weighted by atomic mass is 10.1. The Bertz CT molecular complexity index is 650. The van der Waals surface area contributed by atoms with E-state index in [1.54, 1.807) is 12.1 Å². The first-order chi connectivity index (χ1) is 10.1. The molecule has 0 spiro atoms. The van der Waals surface area contributed by atoms with Crippen molar-refractivity contribution in [1.29, 1.82) is 0 Å². The molecule has 1 amide bonds. The molecule has 1 saturated carbocycles. The third-order valence-corrected chi connectivity index (χ3v) is 3.96. The molecule has 0 atom stereocenters. The topological polar surface area (TPSA) is 46.3 Å². The van der Waals surface area contributed by atoms with Crippen molar-refractivity contribution in [1.82, 2.24) is 4.90 Å². The molecule has 0 aliphatic heterocycles. The number of carbonyl (C=O) groups is 1. The Kier molecular flexibility index (Phi) is 3.84. The van der Waals surface area contributed by atoms with Gasteiger partial charge in [-0.15, -0.1) is 0 Å². The fourth-order valence-corrected chi connectivity index (χ4v) is 2.51. The third kappa shape index (κ3) is 3.19. The zero-order valence-corrected chi connectivity index (χ0v) is 12.4. The minimum absolute atomic E-state index is 0.00514. The van der Waals surface area contributed by atoms with Crippen molar-refractivity contribution in [2.45, 2.75) is 25.4 Å². The molecule has 0 heterocycles. The summed E-state index contributed by atoms with van der Waals surface area (Å²) in [5.41, 5.74) is 8.12. The quantitative estimate of drug-likeness (QED) is 0.875. The fourth-order valence-electron chi connectivity index (χ4n) is 2.39. The van der Waals surface area contributed by atoms with Gasteiger partial charge in [0.2, 0.25) is 0 Å². The van der Waals surface area contributed by atoms with Crippen molar-refractivity contribution in [3.05, 3.63) is 64.7 Å². The number of halogens is 1. The van der Waals surface area contributed by atoms with Crippen LogP contribution in [0, 0.1) is 0 Å². The summed E-state index contributed by atoms with van der Waals surface area (Å²) in [7, 11) is 0. The van der Waals surface area contributed by atoms with Gasteiger partial charge in [-0.3, -0.25) is 4.79 Å². The maximum atomic E-state index is 12.7. The number of nitrogens with zero attached hydrogens (tertiary/aromatic N) is 1. The maximum absolute atomic E-state index is 12.7. The summed E-state index contributed by atoms with van der Waals surface area (Å²) >= 11 is 5.91. The highest BCUT2D eigenvalue weighted by Crippen LogP contribution is 2.31. The summed E-state index contributed by atoms with van der Waals surface area (Å²) < 4.78 is 0. The van der Waals surface area contributed by atoms with Crippen LogP contribution in [0.2, 0.25) is 5.02 Å². The minimum atomic E-state index is 0.00514. The second-order valence-electron chi connectivity index (χ2n) is 5.38. The Balaban J connectivity index is 1.83. The molecule has 108 valence electrons. The molecule has 3 nitrogen and oxygen atoms in total. The molecule has 0 radical (unpaired) electrons. The van der Waals surface area contributed by atoms with Gasteiger partial charge in [-0.2, -0.15) is 0 Å². The molecule has 2 N–H and O–H groups in total. The van der Waals surface area contributed by atoms with Crippen molar-refractivity contribution in [3.8, 4) is 0 Å². The number of nitrogen functional groups attached to an aromatic ring is 1. The summed E-state index contributed by atoms with van der Waals surface area (Å²) in [4.78, 5) is 14.6. The van der Waals surface area contributed by atoms with Gasteiger partial charge in [0.15, 0.2) is 0 Å². The molecule has 2 aromatic carbocycles. The molecule has 0 unspecified atom stereocenters. The normalized spacial score (nSPS) is 14.0. The molecule has 21 heavy (non-hydrogen) atoms. The lowest BCUT2D eigenvalue weighted by Crippen LogP contribution is -2.33. The van der Waals surface area contributed by atoms with E-state index >= 15 is 0 Å². The van der Waals surface area contributed by atoms with Gasteiger partial charge in [-0.1, -0.05) is 35.9 Å². The average Bonchev–Trinajstić information content (AvgIpc) is 3.31. The third-order valence-electron chi connectivity index (χ3n) is 3.71. The van der Waals surface area contributed by atoms with Crippen LogP contribution < -0.4 is 5.73 Å². The largest absolute Gasteiger partial charge is 0.398 e. The van der Waals surface area contributed by atoms with E-state index in [4.69, 9.17) is 17.3 Å². The molecule has 1 fully saturated rings. The fraction of sp³-hybridized carbons (Fsp3) is 0.235. The Morgan fingerprint density at radius 1 is 1.14 bits per heavy atom. The molecule has 2 aromatic rings. The number of rotatable bonds is 4. The van der Waals surface area contributed by atoms with Gasteiger partial charge in [0, 0.05) is 23.3 Å². The Labute approximate surface area is 129 Å². The van der Waals surface area contributed by atoms with E-state index in [9.17, 15) is 4.79 Å². The highest BCUT2D eigenvalue weighted by molar-refractivity contribution is 6.30. The van der Waals surface area contributed by atoms with Crippen molar-refractivity contribution >= 4 is 23.2 Å². The Morgan fingerprint density at radius 2 is 1.81 bits per heavy atom. The van der Waals surface area contributed by atoms with E-state index in [1.807, 2.05) is 41.3 Å². The first-order valence-electron chi connectivity index (χ1n) is 7.05. The van der Waals surface area contributed by atoms with Crippen LogP contribution >= 0.6 is 11.6 Å². The highest BCUT2D eigenvalue weighted by Gasteiger charge is 2.33. The van der Waals surface area contributed by atoms with Crippen molar-refractivity contribution in [2.75, 3.05) is 5.73 Å². The SMILES string of the molecule is Nc1ccccc1C(=O)N(Cc1ccc(Cl)cc1)C1CC1. The highest BCUT2D eigenvalue weighted by atomic mass is 35.5. The minimum Gasteiger partial charge on any atom is -0.398 e. The van der Waals surface area contributed by atoms with Gasteiger partial charge in [0.1, 0.15) is 0 Å². The van der Waals surface area contributed by atoms with Crippen LogP contribution in [0.15, 0.2) is 48.5 Å². The molecule has 0 aromatic heterocycles. The molecule has 0 saturated heterocycles. The second-order valence-corrected chi connectivity index (χ2v) is 5.81. The first-order valence-corrected chi connectivity index (χ1v) is 7.43. The number of hydrogen-bond acceptors (Lipinski definition) is 2. The second kappa shape index (κ2) is 5.78. The lowest BCUT2D eigenvalue weighted by Gasteiger charge is -2.23. The van der Waals surface area contributed by atoms with E-state index in [0.717, 1.165) is 18.4 Å². The summed E-state index contributed by atoms with van der Waals surface area (Å²) in [6.07, 6.45) is 2.12. The molecular formula is C17H17ClN2O. The molecule has 0 bridgehead atoms. The van der Waals surface area contributed by atoms with Crippen LogP contribution in [0.1, 0.15) is 28.8 Å². The van der Waals surface area contributed by atoms with E-state index < -0.39 is 0 Å². The van der Waals surface area contributed by atoms with Gasteiger partial charge < -0.3 is 10.6 Å². The van der Waals surface area contributed by atoms with Crippen LogP contribution in [0.5, 0.6) is 0 Å². The zero-order valence-electron chi connectivity index (χ0n) is 11.6. The van der Waals surface area contributed by atoms with E-state index in [0.29, 0.717) is 28.9 Å². The number of hydrogen-bond donors (Lipinski definition) is 1. The number of para-hydroxylation sites is 1. The van der Waals surface area contributed by atoms with Crippen molar-refractivity contribution < 1.29 is 4.79 Å². The summed E-state index contributed by atoms with van der Waals surface area (Å²) in [6, 6.07) is 15.2. The Hall–Kier alpha value is -2.00. The molecule has 4 heteroatoms. The molecular weight excluding hydrogens is 284 g/mol. The van der Waals surface area contributed by atoms with Gasteiger partial charge in [-0.05, 0) is 42.7 Å². The van der Waals surface area contributed by atoms with E-state index in [1.165, 1.54) is 0 Å². The number of carbonyl (C=O) groups excluding carboxylic acids is 1. The average molecular weight is 301 g/mol. The van der Waals surface area contributed by atoms with E-state index in [2.05, 4.69) is 0 Å². The maximum Gasteiger partial charge on any atom is 0.256 e. The summed E-state index contributed by atoms with van der Waals surface area (Å²) in [5, 5.41) is 0.704. The van der Waals surface area contributed by atoms with Crippen LogP contribution in [-0.4, -0.2) is 16.8 Å². The number of amides is 1. The van der Waals surface area contributed by atoms with E-state index in [-0.39, 0.29) is 5.91 Å². The van der Waals surface area contributed by atoms with Gasteiger partial charge in [0.05, 0.1) is 5.56 Å². The van der Waals surface area contributed by atoms with Gasteiger partial charge >= 0.3 is 0 Å². The monoisotopic (exact) mass is 300 g/mol. The van der Waals surface area contributed by atoms with Crippen LogP contribution in [0.4, 0.5) is 5.69 Å². The summed E-state index contributed by atoms with van der Waals surface area (Å²) in [5.74, 6) is 0.00514. The first kappa shape index (κ1) is 14.0. The van der Waals surface area contributed by atoms with Crippen molar-refractivity contribution in [3.63, 3.8) is 0 Å².